The molecule has 1 aliphatic heterocycles. The van der Waals surface area contributed by atoms with E-state index in [-0.39, 0.29) is 0 Å². The second-order valence-corrected chi connectivity index (χ2v) is 10.2. The van der Waals surface area contributed by atoms with Gasteiger partial charge in [-0.3, -0.25) is 4.98 Å². The van der Waals surface area contributed by atoms with Crippen LogP contribution in [0.15, 0.2) is 61.1 Å². The standard InChI is InChI=1S/C28H34N8S/c1-20-4-6-22(7-5-20)19-36-26(33-24-3-2-11-31-27(24)36)17-21-9-14-35(15-10-21)16-13-32-28(37)34-25-18-30-12-8-23(25)29/h2-8,11-12,18,21H,9-10,13-17,19H2,1H3,(H2,29,30)(H2,32,34,37). The van der Waals surface area contributed by atoms with Gasteiger partial charge in [0.15, 0.2) is 10.8 Å². The van der Waals surface area contributed by atoms with Gasteiger partial charge in [0.05, 0.1) is 24.1 Å². The number of benzene rings is 1. The first-order valence-corrected chi connectivity index (χ1v) is 13.3. The number of nitrogens with two attached hydrogens (primary N) is 1. The van der Waals surface area contributed by atoms with Crippen LogP contribution >= 0.6 is 12.2 Å². The molecule has 0 spiro atoms. The molecular weight excluding hydrogens is 480 g/mol. The molecule has 0 unspecified atom stereocenters. The predicted molar refractivity (Wildman–Crippen MR) is 154 cm³/mol. The summed E-state index contributed by atoms with van der Waals surface area (Å²) >= 11 is 5.41. The molecule has 1 fully saturated rings. The monoisotopic (exact) mass is 514 g/mol. The van der Waals surface area contributed by atoms with Gasteiger partial charge in [0, 0.05) is 31.9 Å². The topological polar surface area (TPSA) is 96.9 Å². The Hall–Kier alpha value is -3.56. The van der Waals surface area contributed by atoms with Crippen molar-refractivity contribution in [2.75, 3.05) is 37.2 Å². The summed E-state index contributed by atoms with van der Waals surface area (Å²) in [4.78, 5) is 16.2. The van der Waals surface area contributed by atoms with Gasteiger partial charge in [-0.15, -0.1) is 0 Å². The van der Waals surface area contributed by atoms with Crippen LogP contribution in [-0.4, -0.2) is 55.7 Å². The highest BCUT2D eigenvalue weighted by atomic mass is 32.1. The lowest BCUT2D eigenvalue weighted by molar-refractivity contribution is 0.185. The number of pyridine rings is 2. The Labute approximate surface area is 223 Å². The molecule has 1 aliphatic rings. The van der Waals surface area contributed by atoms with E-state index in [1.165, 1.54) is 11.1 Å². The molecule has 37 heavy (non-hydrogen) atoms. The summed E-state index contributed by atoms with van der Waals surface area (Å²) in [6.45, 7) is 6.82. The van der Waals surface area contributed by atoms with Crippen molar-refractivity contribution in [1.29, 1.82) is 0 Å². The Bertz CT molecular complexity index is 1340. The van der Waals surface area contributed by atoms with Crippen molar-refractivity contribution in [3.63, 3.8) is 0 Å². The number of nitrogen functional groups attached to an aromatic ring is 1. The molecule has 0 saturated carbocycles. The number of nitrogens with zero attached hydrogens (tertiary/aromatic N) is 5. The third kappa shape index (κ3) is 6.42. The van der Waals surface area contributed by atoms with Crippen LogP contribution < -0.4 is 16.4 Å². The highest BCUT2D eigenvalue weighted by Crippen LogP contribution is 2.24. The van der Waals surface area contributed by atoms with Crippen LogP contribution in [0.1, 0.15) is 29.8 Å². The van der Waals surface area contributed by atoms with Crippen molar-refractivity contribution < 1.29 is 0 Å². The first-order chi connectivity index (χ1) is 18.0. The van der Waals surface area contributed by atoms with Crippen LogP contribution in [0.5, 0.6) is 0 Å². The van der Waals surface area contributed by atoms with E-state index in [1.807, 2.05) is 12.3 Å². The fraction of sp³-hybridized carbons (Fsp3) is 0.357. The Balaban J connectivity index is 1.13. The summed E-state index contributed by atoms with van der Waals surface area (Å²) in [5.74, 6) is 1.76. The lowest BCUT2D eigenvalue weighted by atomic mass is 9.93. The number of thiocarbonyl (C=S) groups is 1. The van der Waals surface area contributed by atoms with Gasteiger partial charge in [-0.1, -0.05) is 29.8 Å². The van der Waals surface area contributed by atoms with Crippen LogP contribution in [0, 0.1) is 12.8 Å². The van der Waals surface area contributed by atoms with E-state index in [9.17, 15) is 0 Å². The minimum absolute atomic E-state index is 0.565. The fourth-order valence-corrected chi connectivity index (χ4v) is 5.09. The zero-order chi connectivity index (χ0) is 25.6. The third-order valence-corrected chi connectivity index (χ3v) is 7.29. The Morgan fingerprint density at radius 1 is 1.11 bits per heavy atom. The highest BCUT2D eigenvalue weighted by molar-refractivity contribution is 7.80. The Morgan fingerprint density at radius 3 is 2.70 bits per heavy atom. The number of rotatable bonds is 8. The molecule has 0 amide bonds. The number of anilines is 2. The summed E-state index contributed by atoms with van der Waals surface area (Å²) in [5.41, 5.74) is 11.8. The largest absolute Gasteiger partial charge is 0.397 e. The zero-order valence-corrected chi connectivity index (χ0v) is 22.0. The zero-order valence-electron chi connectivity index (χ0n) is 21.2. The molecule has 1 saturated heterocycles. The maximum Gasteiger partial charge on any atom is 0.170 e. The van der Waals surface area contributed by atoms with Crippen LogP contribution in [0.25, 0.3) is 11.2 Å². The average molecular weight is 515 g/mol. The summed E-state index contributed by atoms with van der Waals surface area (Å²) in [6.07, 6.45) is 8.51. The quantitative estimate of drug-likeness (QED) is 0.304. The summed E-state index contributed by atoms with van der Waals surface area (Å²) in [6, 6.07) is 14.5. The van der Waals surface area contributed by atoms with E-state index >= 15 is 0 Å². The van der Waals surface area contributed by atoms with E-state index in [0.717, 1.165) is 74.7 Å². The predicted octanol–water partition coefficient (Wildman–Crippen LogP) is 4.01. The first kappa shape index (κ1) is 25.1. The van der Waals surface area contributed by atoms with E-state index in [4.69, 9.17) is 22.9 Å². The van der Waals surface area contributed by atoms with Crippen molar-refractivity contribution >= 4 is 39.9 Å². The molecule has 0 aliphatic carbocycles. The smallest absolute Gasteiger partial charge is 0.170 e. The van der Waals surface area contributed by atoms with Gasteiger partial charge >= 0.3 is 0 Å². The number of imidazole rings is 1. The molecule has 0 bridgehead atoms. The molecule has 0 radical (unpaired) electrons. The summed E-state index contributed by atoms with van der Waals surface area (Å²) in [5, 5.41) is 6.96. The maximum absolute atomic E-state index is 5.95. The minimum Gasteiger partial charge on any atom is -0.397 e. The highest BCUT2D eigenvalue weighted by Gasteiger charge is 2.22. The van der Waals surface area contributed by atoms with E-state index in [2.05, 4.69) is 67.3 Å². The van der Waals surface area contributed by atoms with Gasteiger partial charge in [0.25, 0.3) is 0 Å². The molecule has 4 aromatic rings. The molecule has 4 N–H and O–H groups in total. The molecule has 0 atom stereocenters. The normalized spacial score (nSPS) is 14.6. The van der Waals surface area contributed by atoms with Gasteiger partial charge in [0.1, 0.15) is 11.3 Å². The molecule has 1 aromatic carbocycles. The number of hydrogen-bond donors (Lipinski definition) is 3. The van der Waals surface area contributed by atoms with Crippen molar-refractivity contribution in [2.45, 2.75) is 32.7 Å². The van der Waals surface area contributed by atoms with Crippen molar-refractivity contribution in [1.82, 2.24) is 29.7 Å². The molecule has 8 nitrogen and oxygen atoms in total. The van der Waals surface area contributed by atoms with Crippen molar-refractivity contribution in [3.8, 4) is 0 Å². The number of fused-ring (bicyclic) bond motifs is 1. The van der Waals surface area contributed by atoms with E-state index in [1.54, 1.807) is 18.5 Å². The summed E-state index contributed by atoms with van der Waals surface area (Å²) in [7, 11) is 0. The minimum atomic E-state index is 0.565. The fourth-order valence-electron chi connectivity index (χ4n) is 4.88. The number of likely N-dealkylation sites (tertiary alicyclic amines) is 1. The molecule has 9 heteroatoms. The lowest BCUT2D eigenvalue weighted by Gasteiger charge is -2.32. The van der Waals surface area contributed by atoms with Gasteiger partial charge < -0.3 is 25.8 Å². The van der Waals surface area contributed by atoms with Crippen LogP contribution in [0.4, 0.5) is 11.4 Å². The third-order valence-electron chi connectivity index (χ3n) is 7.04. The second-order valence-electron chi connectivity index (χ2n) is 9.78. The number of aryl methyl sites for hydroxylation is 1. The first-order valence-electron chi connectivity index (χ1n) is 12.9. The molecule has 192 valence electrons. The number of hydrogen-bond acceptors (Lipinski definition) is 6. The lowest BCUT2D eigenvalue weighted by Crippen LogP contribution is -2.41. The van der Waals surface area contributed by atoms with Gasteiger partial charge in [-0.05, 0) is 74.8 Å². The molecular formula is C28H34N8S. The average Bonchev–Trinajstić information content (AvgIpc) is 3.24. The number of aromatic nitrogens is 4. The van der Waals surface area contributed by atoms with Crippen molar-refractivity contribution in [3.05, 3.63) is 78.0 Å². The SMILES string of the molecule is Cc1ccc(Cn2c(CC3CCN(CCNC(=S)Nc4cnccc4N)CC3)nc3cccnc32)cc1. The molecule has 3 aromatic heterocycles. The number of nitrogens with one attached hydrogen (secondary N) is 2. The van der Waals surface area contributed by atoms with Crippen LogP contribution in [0.2, 0.25) is 0 Å². The maximum atomic E-state index is 5.95. The van der Waals surface area contributed by atoms with Gasteiger partial charge in [0.2, 0.25) is 0 Å². The molecule has 5 rings (SSSR count). The number of piperidine rings is 1. The second kappa shape index (κ2) is 11.7. The Morgan fingerprint density at radius 2 is 1.92 bits per heavy atom. The van der Waals surface area contributed by atoms with E-state index in [0.29, 0.717) is 16.7 Å². The van der Waals surface area contributed by atoms with E-state index < -0.39 is 0 Å². The molecule has 4 heterocycles. The van der Waals surface area contributed by atoms with Crippen LogP contribution in [-0.2, 0) is 13.0 Å². The van der Waals surface area contributed by atoms with Gasteiger partial charge in [-0.2, -0.15) is 0 Å². The van der Waals surface area contributed by atoms with Gasteiger partial charge in [-0.25, -0.2) is 9.97 Å². The van der Waals surface area contributed by atoms with Crippen LogP contribution in [0.3, 0.4) is 0 Å². The summed E-state index contributed by atoms with van der Waals surface area (Å²) < 4.78 is 2.30. The van der Waals surface area contributed by atoms with Crippen molar-refractivity contribution in [2.24, 2.45) is 5.92 Å². The Kier molecular flexibility index (Phi) is 7.91.